The minimum atomic E-state index is -0.518. The number of piperidine rings is 1. The molecule has 6 nitrogen and oxygen atoms in total. The van der Waals surface area contributed by atoms with Gasteiger partial charge < -0.3 is 10.2 Å². The molecule has 3 atom stereocenters. The summed E-state index contributed by atoms with van der Waals surface area (Å²) >= 11 is 0. The van der Waals surface area contributed by atoms with Crippen molar-refractivity contribution in [1.82, 2.24) is 25.2 Å². The lowest BCUT2D eigenvalue weighted by molar-refractivity contribution is 0.292. The van der Waals surface area contributed by atoms with Gasteiger partial charge in [-0.2, -0.15) is 0 Å². The van der Waals surface area contributed by atoms with Gasteiger partial charge in [-0.05, 0) is 111 Å². The lowest BCUT2D eigenvalue weighted by Gasteiger charge is -2.34. The van der Waals surface area contributed by atoms with E-state index in [1.54, 1.807) is 12.3 Å². The molecule has 3 saturated heterocycles. The normalized spacial score (nSPS) is 23.1. The van der Waals surface area contributed by atoms with E-state index in [9.17, 15) is 4.39 Å². The van der Waals surface area contributed by atoms with Crippen molar-refractivity contribution < 1.29 is 13.2 Å². The second kappa shape index (κ2) is 14.0. The number of alkyl halides is 1. The van der Waals surface area contributed by atoms with Gasteiger partial charge in [-0.25, -0.2) is 23.1 Å². The number of pyridine rings is 1. The van der Waals surface area contributed by atoms with Crippen LogP contribution in [-0.2, 0) is 12.8 Å². The van der Waals surface area contributed by atoms with E-state index in [1.165, 1.54) is 18.9 Å². The number of rotatable bonds is 1. The van der Waals surface area contributed by atoms with Crippen LogP contribution in [0.25, 0.3) is 32.9 Å². The molecule has 6 bridgehead atoms. The Morgan fingerprint density at radius 1 is 1.00 bits per heavy atom. The number of nitrogens with zero attached hydrogens (tertiary/aromatic N) is 5. The molecule has 2 aromatic carbocycles. The van der Waals surface area contributed by atoms with Crippen molar-refractivity contribution in [2.75, 3.05) is 37.6 Å². The Kier molecular flexibility index (Phi) is 9.58. The molecule has 0 spiro atoms. The van der Waals surface area contributed by atoms with Gasteiger partial charge in [0.25, 0.3) is 0 Å². The maximum atomic E-state index is 16.5. The van der Waals surface area contributed by atoms with Gasteiger partial charge in [0.1, 0.15) is 34.8 Å². The molecule has 5 aliphatic heterocycles. The fourth-order valence-corrected chi connectivity index (χ4v) is 8.31. The number of hydrogen-bond acceptors (Lipinski definition) is 6. The molecule has 5 aliphatic rings. The van der Waals surface area contributed by atoms with Crippen LogP contribution in [-0.4, -0.2) is 64.8 Å². The van der Waals surface area contributed by atoms with Gasteiger partial charge in [-0.15, -0.1) is 0 Å². The highest BCUT2D eigenvalue weighted by Crippen LogP contribution is 2.38. The van der Waals surface area contributed by atoms with Crippen LogP contribution >= 0.6 is 0 Å². The maximum absolute atomic E-state index is 16.5. The molecule has 2 aromatic heterocycles. The Morgan fingerprint density at radius 3 is 2.69 bits per heavy atom. The van der Waals surface area contributed by atoms with E-state index in [0.29, 0.717) is 53.7 Å². The van der Waals surface area contributed by atoms with Gasteiger partial charge in [0.05, 0.1) is 5.39 Å². The average Bonchev–Trinajstić information content (AvgIpc) is 3.66. The molecular weight excluding hydrogens is 609 g/mol. The van der Waals surface area contributed by atoms with Gasteiger partial charge in [0.2, 0.25) is 0 Å². The van der Waals surface area contributed by atoms with Crippen molar-refractivity contribution in [3.05, 3.63) is 71.3 Å². The largest absolute Gasteiger partial charge is 0.389 e. The van der Waals surface area contributed by atoms with Gasteiger partial charge in [0, 0.05) is 56.1 Å². The summed E-state index contributed by atoms with van der Waals surface area (Å²) in [5.74, 6) is 1.13. The summed E-state index contributed by atoms with van der Waals surface area (Å²) in [5.41, 5.74) is 3.64. The Labute approximate surface area is 281 Å². The summed E-state index contributed by atoms with van der Waals surface area (Å²) in [7, 11) is 0. The zero-order valence-corrected chi connectivity index (χ0v) is 28.3. The number of anilines is 1. The first-order valence-electron chi connectivity index (χ1n) is 17.9. The Balaban J connectivity index is 0.000000347. The van der Waals surface area contributed by atoms with E-state index in [1.807, 2.05) is 26.0 Å². The maximum Gasteiger partial charge on any atom is 0.175 e. The molecule has 254 valence electrons. The molecule has 3 fully saturated rings. The molecule has 0 aliphatic carbocycles. The molecule has 7 heterocycles. The van der Waals surface area contributed by atoms with Crippen LogP contribution in [0.3, 0.4) is 0 Å². The molecular formula is C39H47F3N6. The molecule has 0 radical (unpaired) electrons. The number of hydrogen-bond donors (Lipinski definition) is 1. The minimum absolute atomic E-state index is 0.207. The topological polar surface area (TPSA) is 57.2 Å². The average molecular weight is 657 g/mol. The van der Waals surface area contributed by atoms with Crippen LogP contribution in [0.2, 0.25) is 0 Å². The van der Waals surface area contributed by atoms with Crippen LogP contribution in [0.4, 0.5) is 19.0 Å². The zero-order chi connectivity index (χ0) is 33.4. The number of benzene rings is 2. The first-order valence-corrected chi connectivity index (χ1v) is 17.9. The molecule has 3 unspecified atom stereocenters. The third-order valence-electron chi connectivity index (χ3n) is 10.7. The van der Waals surface area contributed by atoms with E-state index in [-0.39, 0.29) is 17.0 Å². The molecule has 9 heteroatoms. The Bertz CT molecular complexity index is 1810. The number of aryl methyl sites for hydroxylation is 3. The van der Waals surface area contributed by atoms with E-state index in [2.05, 4.69) is 31.7 Å². The molecule has 0 amide bonds. The van der Waals surface area contributed by atoms with Gasteiger partial charge in [-0.3, -0.25) is 9.88 Å². The van der Waals surface area contributed by atoms with E-state index < -0.39 is 12.0 Å². The van der Waals surface area contributed by atoms with Crippen LogP contribution < -0.4 is 10.2 Å². The molecule has 1 N–H and O–H groups in total. The summed E-state index contributed by atoms with van der Waals surface area (Å²) in [5, 5.41) is 5.73. The first kappa shape index (κ1) is 32.8. The molecule has 48 heavy (non-hydrogen) atoms. The molecule has 9 rings (SSSR count). The van der Waals surface area contributed by atoms with Gasteiger partial charge >= 0.3 is 0 Å². The Hall–Kier alpha value is -3.72. The fourth-order valence-electron chi connectivity index (χ4n) is 8.31. The lowest BCUT2D eigenvalue weighted by Crippen LogP contribution is -2.37. The van der Waals surface area contributed by atoms with Gasteiger partial charge in [0.15, 0.2) is 5.82 Å². The van der Waals surface area contributed by atoms with Crippen molar-refractivity contribution in [2.24, 2.45) is 5.92 Å². The number of aromatic nitrogens is 3. The predicted molar refractivity (Wildman–Crippen MR) is 188 cm³/mol. The summed E-state index contributed by atoms with van der Waals surface area (Å²) < 4.78 is 44.5. The molecule has 0 saturated carbocycles. The monoisotopic (exact) mass is 656 g/mol. The third-order valence-corrected chi connectivity index (χ3v) is 10.7. The lowest BCUT2D eigenvalue weighted by atomic mass is 9.91. The standard InChI is InChI=1S/C32H35F2N5.C7H12FN/c1-4-27-37-31-25-17-36-30(29(31)34)24-16-19(2)15-22-10-11-26(33)23(28(22)24)9-5-7-20(3)35-13-12-21-8-6-14-39(18-21)32(25)38-27;8-6-4-7-2-1-3-9(7)5-6/h10-11,15-17,21,35H,3-9,12-14,18H2,1-2H3;6-7H,1-5H2. The summed E-state index contributed by atoms with van der Waals surface area (Å²) in [6, 6.07) is 7.84. The SMILES string of the molecule is C=C1CCCc2c(F)ccc3cc(C)cc(c23)-c2ncc3c(nc(CC)nc3c2F)N2CCCC(CCN1)C2.FC1CC2CCCN2C1. The van der Waals surface area contributed by atoms with Crippen LogP contribution in [0.15, 0.2) is 42.7 Å². The quantitative estimate of drug-likeness (QED) is 0.223. The number of nitrogens with one attached hydrogen (secondary N) is 1. The first-order chi connectivity index (χ1) is 23.3. The highest BCUT2D eigenvalue weighted by atomic mass is 19.1. The molecule has 4 aromatic rings. The zero-order valence-electron chi connectivity index (χ0n) is 28.3. The van der Waals surface area contributed by atoms with Crippen molar-refractivity contribution in [3.63, 3.8) is 0 Å². The second-order valence-electron chi connectivity index (χ2n) is 14.2. The number of allylic oxidation sites excluding steroid dienone is 1. The van der Waals surface area contributed by atoms with Crippen molar-refractivity contribution in [1.29, 1.82) is 0 Å². The second-order valence-corrected chi connectivity index (χ2v) is 14.2. The van der Waals surface area contributed by atoms with Gasteiger partial charge in [-0.1, -0.05) is 25.6 Å². The van der Waals surface area contributed by atoms with Crippen molar-refractivity contribution in [3.8, 4) is 11.3 Å². The summed E-state index contributed by atoms with van der Waals surface area (Å²) in [6.07, 6.45) is 10.4. The fraction of sp³-hybridized carbons (Fsp3) is 0.513. The van der Waals surface area contributed by atoms with Crippen LogP contribution in [0, 0.1) is 24.5 Å². The smallest absolute Gasteiger partial charge is 0.175 e. The highest BCUT2D eigenvalue weighted by molar-refractivity contribution is 6.01. The Morgan fingerprint density at radius 2 is 1.85 bits per heavy atom. The van der Waals surface area contributed by atoms with Crippen LogP contribution in [0.1, 0.15) is 75.2 Å². The predicted octanol–water partition coefficient (Wildman–Crippen LogP) is 8.23. The van der Waals surface area contributed by atoms with Crippen LogP contribution in [0.5, 0.6) is 0 Å². The van der Waals surface area contributed by atoms with E-state index >= 15 is 8.78 Å². The minimum Gasteiger partial charge on any atom is -0.389 e. The van der Waals surface area contributed by atoms with Crippen molar-refractivity contribution in [2.45, 2.75) is 90.3 Å². The third kappa shape index (κ3) is 6.63. The summed E-state index contributed by atoms with van der Waals surface area (Å²) in [4.78, 5) is 18.8. The number of fused-ring (bicyclic) bond motifs is 8. The van der Waals surface area contributed by atoms with E-state index in [4.69, 9.17) is 4.98 Å². The highest BCUT2D eigenvalue weighted by Gasteiger charge is 2.34. The number of halogens is 3. The van der Waals surface area contributed by atoms with E-state index in [0.717, 1.165) is 92.6 Å². The van der Waals surface area contributed by atoms with Crippen molar-refractivity contribution >= 4 is 27.5 Å². The summed E-state index contributed by atoms with van der Waals surface area (Å²) in [6.45, 7) is 12.6.